The Labute approximate surface area is 440 Å². The summed E-state index contributed by atoms with van der Waals surface area (Å²) in [7, 11) is 0. The molecule has 71 heavy (non-hydrogen) atoms. The molecule has 0 saturated heterocycles. The van der Waals surface area contributed by atoms with Crippen molar-refractivity contribution < 1.29 is 15.0 Å². The first-order chi connectivity index (χ1) is 35.2. The molecule has 0 saturated carbocycles. The van der Waals surface area contributed by atoms with Crippen molar-refractivity contribution >= 4 is 5.91 Å². The molecule has 3 N–H and O–H groups in total. The quantitative estimate of drug-likeness (QED) is 0.0420. The van der Waals surface area contributed by atoms with E-state index in [0.717, 1.165) is 103 Å². The van der Waals surface area contributed by atoms with E-state index in [1.165, 1.54) is 128 Å². The van der Waals surface area contributed by atoms with E-state index in [1.54, 1.807) is 6.08 Å². The SMILES string of the molecule is CC/C=C\C/C=C\C/C=C\C/C=C\C/C=C\C/C=C\C/C=C\C/C=C\C/C=C\CCCCCCCCCCCCCC(=O)NC(CO)C(O)/C=C/CC/C=C/CC/C=C/CCCCCCCCCCCC. The van der Waals surface area contributed by atoms with Gasteiger partial charge in [-0.2, -0.15) is 0 Å². The number of aliphatic hydroxyl groups excluding tert-OH is 2. The fraction of sp³-hybridized carbons (Fsp3) is 0.627. The Morgan fingerprint density at radius 1 is 0.352 bits per heavy atom. The fourth-order valence-corrected chi connectivity index (χ4v) is 8.09. The van der Waals surface area contributed by atoms with E-state index in [0.29, 0.717) is 6.42 Å². The molecule has 0 aliphatic heterocycles. The number of carbonyl (C=O) groups is 1. The predicted octanol–water partition coefficient (Wildman–Crippen LogP) is 20.0. The molecule has 0 rings (SSSR count). The summed E-state index contributed by atoms with van der Waals surface area (Å²) < 4.78 is 0. The molecule has 402 valence electrons. The second kappa shape index (κ2) is 60.6. The van der Waals surface area contributed by atoms with E-state index in [2.05, 4.69) is 153 Å². The molecule has 4 nitrogen and oxygen atoms in total. The molecule has 0 heterocycles. The number of hydrogen-bond donors (Lipinski definition) is 3. The zero-order valence-electron chi connectivity index (χ0n) is 46.2. The van der Waals surface area contributed by atoms with Gasteiger partial charge in [-0.15, -0.1) is 0 Å². The maximum absolute atomic E-state index is 12.5. The number of nitrogens with one attached hydrogen (secondary N) is 1. The van der Waals surface area contributed by atoms with Crippen molar-refractivity contribution in [1.82, 2.24) is 5.32 Å². The van der Waals surface area contributed by atoms with Crippen LogP contribution in [0.5, 0.6) is 0 Å². The van der Waals surface area contributed by atoms with E-state index >= 15 is 0 Å². The Bertz CT molecular complexity index is 1480. The fourth-order valence-electron chi connectivity index (χ4n) is 8.09. The number of unbranched alkanes of at least 4 members (excludes halogenated alkanes) is 23. The third kappa shape index (κ3) is 57.0. The van der Waals surface area contributed by atoms with Crippen molar-refractivity contribution in [2.75, 3.05) is 6.61 Å². The Morgan fingerprint density at radius 2 is 0.634 bits per heavy atom. The topological polar surface area (TPSA) is 69.6 Å². The van der Waals surface area contributed by atoms with Crippen LogP contribution in [0, 0.1) is 0 Å². The number of aliphatic hydroxyl groups is 2. The van der Waals surface area contributed by atoms with Gasteiger partial charge in [-0.05, 0) is 116 Å². The van der Waals surface area contributed by atoms with Crippen LogP contribution in [-0.2, 0) is 4.79 Å². The van der Waals surface area contributed by atoms with Crippen LogP contribution in [0.15, 0.2) is 146 Å². The highest BCUT2D eigenvalue weighted by molar-refractivity contribution is 5.76. The van der Waals surface area contributed by atoms with Gasteiger partial charge in [0.15, 0.2) is 0 Å². The normalized spacial score (nSPS) is 13.9. The number of rotatable bonds is 52. The summed E-state index contributed by atoms with van der Waals surface area (Å²) in [5.74, 6) is -0.0864. The zero-order chi connectivity index (χ0) is 51.3. The van der Waals surface area contributed by atoms with Crippen molar-refractivity contribution in [1.29, 1.82) is 0 Å². The second-order valence-corrected chi connectivity index (χ2v) is 19.3. The first-order valence-corrected chi connectivity index (χ1v) is 29.5. The van der Waals surface area contributed by atoms with Crippen LogP contribution in [0.3, 0.4) is 0 Å². The van der Waals surface area contributed by atoms with E-state index in [1.807, 2.05) is 6.08 Å². The summed E-state index contributed by atoms with van der Waals surface area (Å²) in [6, 6.07) is -0.657. The Morgan fingerprint density at radius 3 is 0.986 bits per heavy atom. The van der Waals surface area contributed by atoms with Gasteiger partial charge in [-0.1, -0.05) is 275 Å². The molecule has 0 radical (unpaired) electrons. The molecule has 0 aliphatic carbocycles. The molecular formula is C67H111NO3. The zero-order valence-corrected chi connectivity index (χ0v) is 46.2. The average molecular weight is 979 g/mol. The van der Waals surface area contributed by atoms with Crippen LogP contribution in [0.25, 0.3) is 0 Å². The molecule has 0 aromatic rings. The Hall–Kier alpha value is -3.73. The molecular weight excluding hydrogens is 867 g/mol. The van der Waals surface area contributed by atoms with Gasteiger partial charge in [-0.25, -0.2) is 0 Å². The summed E-state index contributed by atoms with van der Waals surface area (Å²) >= 11 is 0. The van der Waals surface area contributed by atoms with Gasteiger partial charge in [0, 0.05) is 6.42 Å². The van der Waals surface area contributed by atoms with Gasteiger partial charge < -0.3 is 15.5 Å². The van der Waals surface area contributed by atoms with Gasteiger partial charge in [0.25, 0.3) is 0 Å². The summed E-state index contributed by atoms with van der Waals surface area (Å²) in [6.45, 7) is 4.17. The van der Waals surface area contributed by atoms with E-state index in [4.69, 9.17) is 0 Å². The highest BCUT2D eigenvalue weighted by atomic mass is 16.3. The number of carbonyl (C=O) groups excluding carboxylic acids is 1. The lowest BCUT2D eigenvalue weighted by molar-refractivity contribution is -0.123. The van der Waals surface area contributed by atoms with Crippen LogP contribution >= 0.6 is 0 Å². The first-order valence-electron chi connectivity index (χ1n) is 29.5. The van der Waals surface area contributed by atoms with Gasteiger partial charge >= 0.3 is 0 Å². The van der Waals surface area contributed by atoms with E-state index < -0.39 is 12.1 Å². The molecule has 0 aromatic carbocycles. The van der Waals surface area contributed by atoms with Gasteiger partial charge in [-0.3, -0.25) is 4.79 Å². The Balaban J connectivity index is 3.63. The maximum Gasteiger partial charge on any atom is 0.220 e. The Kier molecular flexibility index (Phi) is 57.4. The lowest BCUT2D eigenvalue weighted by atomic mass is 10.0. The molecule has 0 aromatic heterocycles. The third-order valence-electron chi connectivity index (χ3n) is 12.5. The molecule has 1 amide bonds. The van der Waals surface area contributed by atoms with Crippen molar-refractivity contribution in [2.45, 2.75) is 264 Å². The molecule has 0 bridgehead atoms. The number of amides is 1. The summed E-state index contributed by atoms with van der Waals surface area (Å²) in [5, 5.41) is 23.1. The van der Waals surface area contributed by atoms with Crippen molar-refractivity contribution in [3.8, 4) is 0 Å². The molecule has 2 atom stereocenters. The maximum atomic E-state index is 12.5. The summed E-state index contributed by atoms with van der Waals surface area (Å²) in [6.07, 6.45) is 95.8. The van der Waals surface area contributed by atoms with Crippen LogP contribution in [0.1, 0.15) is 251 Å². The largest absolute Gasteiger partial charge is 0.394 e. The van der Waals surface area contributed by atoms with Gasteiger partial charge in [0.05, 0.1) is 18.8 Å². The molecule has 0 aliphatic rings. The highest BCUT2D eigenvalue weighted by Crippen LogP contribution is 2.14. The van der Waals surface area contributed by atoms with Crippen molar-refractivity contribution in [3.63, 3.8) is 0 Å². The average Bonchev–Trinajstić information content (AvgIpc) is 3.37. The highest BCUT2D eigenvalue weighted by Gasteiger charge is 2.17. The minimum absolute atomic E-state index is 0.0864. The second-order valence-electron chi connectivity index (χ2n) is 19.3. The van der Waals surface area contributed by atoms with Crippen molar-refractivity contribution in [3.05, 3.63) is 146 Å². The molecule has 4 heteroatoms. The smallest absolute Gasteiger partial charge is 0.220 e. The van der Waals surface area contributed by atoms with Crippen LogP contribution in [0.2, 0.25) is 0 Å². The van der Waals surface area contributed by atoms with Gasteiger partial charge in [0.2, 0.25) is 5.91 Å². The summed E-state index contributed by atoms with van der Waals surface area (Å²) in [4.78, 5) is 12.5. The number of hydrogen-bond acceptors (Lipinski definition) is 3. The van der Waals surface area contributed by atoms with Gasteiger partial charge in [0.1, 0.15) is 0 Å². The lowest BCUT2D eigenvalue weighted by Crippen LogP contribution is -2.45. The standard InChI is InChI=1S/C67H111NO3/c1-3-5-7-9-11-13-15-17-19-21-23-25-26-27-28-29-30-31-32-33-34-35-36-37-38-39-40-41-42-43-45-47-49-51-53-55-57-59-61-63-67(71)68-65(64-69)66(70)62-60-58-56-54-52-50-48-46-44-24-22-20-18-16-14-12-10-8-6-4-2/h5,7,11,13,17,19,23,25,27-28,30-31,33-34,36-37,39-40,44,46,52,54,60,62,65-66,69-70H,3-4,6,8-10,12,14-16,18,20-22,24,26,29,32,35,38,41-43,45,47-51,53,55-59,61,63-64H2,1-2H3,(H,68,71)/b7-5-,13-11-,19-17-,25-23-,28-27-,31-30-,34-33-,37-36-,40-39-,46-44+,54-52+,62-60+. The van der Waals surface area contributed by atoms with Crippen molar-refractivity contribution in [2.24, 2.45) is 0 Å². The first kappa shape index (κ1) is 67.3. The lowest BCUT2D eigenvalue weighted by Gasteiger charge is -2.19. The predicted molar refractivity (Wildman–Crippen MR) is 317 cm³/mol. The minimum atomic E-state index is -0.881. The monoisotopic (exact) mass is 978 g/mol. The molecule has 0 fully saturated rings. The van der Waals surface area contributed by atoms with Crippen LogP contribution < -0.4 is 5.32 Å². The number of allylic oxidation sites excluding steroid dienone is 23. The van der Waals surface area contributed by atoms with Crippen LogP contribution in [-0.4, -0.2) is 34.9 Å². The molecule has 0 spiro atoms. The van der Waals surface area contributed by atoms with Crippen LogP contribution in [0.4, 0.5) is 0 Å². The summed E-state index contributed by atoms with van der Waals surface area (Å²) in [5.41, 5.74) is 0. The van der Waals surface area contributed by atoms with E-state index in [9.17, 15) is 15.0 Å². The van der Waals surface area contributed by atoms with E-state index in [-0.39, 0.29) is 12.5 Å². The third-order valence-corrected chi connectivity index (χ3v) is 12.5. The molecule has 2 unspecified atom stereocenters. The minimum Gasteiger partial charge on any atom is -0.394 e.